The van der Waals surface area contributed by atoms with Gasteiger partial charge in [0.1, 0.15) is 5.76 Å². The Bertz CT molecular complexity index is 388. The van der Waals surface area contributed by atoms with Crippen molar-refractivity contribution in [1.82, 2.24) is 10.2 Å². The van der Waals surface area contributed by atoms with Crippen LogP contribution in [-0.2, 0) is 0 Å². The molecule has 3 rings (SSSR count). The molecular formula is C17H28N2O. The molecule has 2 aliphatic rings. The number of nitrogens with one attached hydrogen (secondary N) is 1. The minimum atomic E-state index is 0.317. The molecule has 1 saturated heterocycles. The van der Waals surface area contributed by atoms with Crippen LogP contribution in [0, 0.1) is 5.92 Å². The molecule has 1 N–H and O–H groups in total. The fourth-order valence-electron chi connectivity index (χ4n) is 4.07. The van der Waals surface area contributed by atoms with Crippen molar-refractivity contribution in [2.75, 3.05) is 19.6 Å². The molecule has 20 heavy (non-hydrogen) atoms. The number of hydrogen-bond acceptors (Lipinski definition) is 3. The van der Waals surface area contributed by atoms with Crippen LogP contribution in [0.4, 0.5) is 0 Å². The van der Waals surface area contributed by atoms with Crippen LogP contribution in [0.25, 0.3) is 0 Å². The first kappa shape index (κ1) is 14.2. The lowest BCUT2D eigenvalue weighted by Crippen LogP contribution is -2.48. The summed E-state index contributed by atoms with van der Waals surface area (Å²) in [5.41, 5.74) is 0. The SMILES string of the molecule is CC(NCCN1CCC[C@H]2CCCC[C@H]21)c1ccco1. The smallest absolute Gasteiger partial charge is 0.120 e. The van der Waals surface area contributed by atoms with Gasteiger partial charge in [-0.2, -0.15) is 0 Å². The van der Waals surface area contributed by atoms with Crippen LogP contribution in [0.3, 0.4) is 0 Å². The van der Waals surface area contributed by atoms with E-state index in [0.717, 1.165) is 24.3 Å². The van der Waals surface area contributed by atoms with E-state index >= 15 is 0 Å². The zero-order valence-electron chi connectivity index (χ0n) is 12.7. The molecule has 1 saturated carbocycles. The lowest BCUT2D eigenvalue weighted by atomic mass is 9.78. The lowest BCUT2D eigenvalue weighted by Gasteiger charge is -2.44. The molecule has 0 amide bonds. The van der Waals surface area contributed by atoms with Gasteiger partial charge in [-0.15, -0.1) is 0 Å². The quantitative estimate of drug-likeness (QED) is 0.891. The summed E-state index contributed by atoms with van der Waals surface area (Å²) in [6.07, 6.45) is 10.4. The summed E-state index contributed by atoms with van der Waals surface area (Å²) in [6, 6.07) is 5.20. The van der Waals surface area contributed by atoms with Crippen LogP contribution in [0.1, 0.15) is 57.3 Å². The standard InChI is InChI=1S/C17H28N2O/c1-14(17-9-5-13-20-17)18-10-12-19-11-4-7-15-6-2-3-8-16(15)19/h5,9,13-16,18H,2-4,6-8,10-12H2,1H3/t14?,15-,16-/m1/s1. The first-order valence-corrected chi connectivity index (χ1v) is 8.35. The van der Waals surface area contributed by atoms with Crippen molar-refractivity contribution in [2.24, 2.45) is 5.92 Å². The van der Waals surface area contributed by atoms with Crippen molar-refractivity contribution in [3.8, 4) is 0 Å². The first-order valence-electron chi connectivity index (χ1n) is 8.35. The average Bonchev–Trinajstić information content (AvgIpc) is 3.02. The summed E-state index contributed by atoms with van der Waals surface area (Å²) < 4.78 is 5.45. The van der Waals surface area contributed by atoms with Gasteiger partial charge in [0, 0.05) is 19.1 Å². The predicted molar refractivity (Wildman–Crippen MR) is 81.7 cm³/mol. The molecule has 1 aliphatic heterocycles. The highest BCUT2D eigenvalue weighted by Crippen LogP contribution is 2.34. The third-order valence-corrected chi connectivity index (χ3v) is 5.18. The molecule has 2 heterocycles. The number of piperidine rings is 1. The Kier molecular flexibility index (Phi) is 4.79. The molecule has 3 heteroatoms. The highest BCUT2D eigenvalue weighted by Gasteiger charge is 2.32. The zero-order valence-corrected chi connectivity index (χ0v) is 12.7. The maximum Gasteiger partial charge on any atom is 0.120 e. The number of rotatable bonds is 5. The summed E-state index contributed by atoms with van der Waals surface area (Å²) in [5.74, 6) is 2.03. The minimum Gasteiger partial charge on any atom is -0.468 e. The molecule has 3 atom stereocenters. The Labute approximate surface area is 122 Å². The molecule has 1 unspecified atom stereocenters. The second-order valence-corrected chi connectivity index (χ2v) is 6.48. The van der Waals surface area contributed by atoms with Crippen molar-refractivity contribution in [2.45, 2.75) is 57.5 Å². The van der Waals surface area contributed by atoms with Crippen molar-refractivity contribution >= 4 is 0 Å². The number of nitrogens with zero attached hydrogens (tertiary/aromatic N) is 1. The van der Waals surface area contributed by atoms with E-state index in [-0.39, 0.29) is 0 Å². The Morgan fingerprint density at radius 1 is 1.30 bits per heavy atom. The van der Waals surface area contributed by atoms with Gasteiger partial charge in [0.05, 0.1) is 12.3 Å². The molecule has 1 aromatic rings. The second-order valence-electron chi connectivity index (χ2n) is 6.48. The average molecular weight is 276 g/mol. The summed E-state index contributed by atoms with van der Waals surface area (Å²) in [5, 5.41) is 3.59. The van der Waals surface area contributed by atoms with Crippen molar-refractivity contribution in [1.29, 1.82) is 0 Å². The maximum atomic E-state index is 5.45. The molecule has 3 nitrogen and oxygen atoms in total. The van der Waals surface area contributed by atoms with Gasteiger partial charge in [-0.1, -0.05) is 12.8 Å². The van der Waals surface area contributed by atoms with Crippen LogP contribution in [0.5, 0.6) is 0 Å². The number of furan rings is 1. The van der Waals surface area contributed by atoms with E-state index in [4.69, 9.17) is 4.42 Å². The highest BCUT2D eigenvalue weighted by atomic mass is 16.3. The fraction of sp³-hybridized carbons (Fsp3) is 0.765. The van der Waals surface area contributed by atoms with Gasteiger partial charge >= 0.3 is 0 Å². The van der Waals surface area contributed by atoms with Crippen LogP contribution in [-0.4, -0.2) is 30.6 Å². The van der Waals surface area contributed by atoms with E-state index in [9.17, 15) is 0 Å². The molecule has 0 bridgehead atoms. The Hall–Kier alpha value is -0.800. The molecule has 112 valence electrons. The highest BCUT2D eigenvalue weighted by molar-refractivity contribution is 5.02. The van der Waals surface area contributed by atoms with Crippen molar-refractivity contribution in [3.63, 3.8) is 0 Å². The van der Waals surface area contributed by atoms with Gasteiger partial charge in [-0.25, -0.2) is 0 Å². The van der Waals surface area contributed by atoms with Crippen LogP contribution in [0.2, 0.25) is 0 Å². The van der Waals surface area contributed by atoms with Crippen LogP contribution in [0.15, 0.2) is 22.8 Å². The molecule has 0 spiro atoms. The molecular weight excluding hydrogens is 248 g/mol. The van der Waals surface area contributed by atoms with Crippen molar-refractivity contribution < 1.29 is 4.42 Å². The third-order valence-electron chi connectivity index (χ3n) is 5.18. The summed E-state index contributed by atoms with van der Waals surface area (Å²) >= 11 is 0. The number of fused-ring (bicyclic) bond motifs is 1. The van der Waals surface area contributed by atoms with E-state index in [0.29, 0.717) is 6.04 Å². The monoisotopic (exact) mass is 276 g/mol. The van der Waals surface area contributed by atoms with Gasteiger partial charge in [0.15, 0.2) is 0 Å². The Morgan fingerprint density at radius 3 is 3.00 bits per heavy atom. The zero-order chi connectivity index (χ0) is 13.8. The molecule has 2 fully saturated rings. The van der Waals surface area contributed by atoms with Gasteiger partial charge in [-0.3, -0.25) is 4.90 Å². The van der Waals surface area contributed by atoms with E-state index in [2.05, 4.69) is 23.2 Å². The number of hydrogen-bond donors (Lipinski definition) is 1. The summed E-state index contributed by atoms with van der Waals surface area (Å²) in [7, 11) is 0. The van der Waals surface area contributed by atoms with E-state index in [1.54, 1.807) is 6.26 Å². The first-order chi connectivity index (χ1) is 9.84. The number of likely N-dealkylation sites (tertiary alicyclic amines) is 1. The van der Waals surface area contributed by atoms with Crippen LogP contribution >= 0.6 is 0 Å². The molecule has 0 radical (unpaired) electrons. The predicted octanol–water partition coefficient (Wildman–Crippen LogP) is 3.58. The summed E-state index contributed by atoms with van der Waals surface area (Å²) in [4.78, 5) is 2.75. The van der Waals surface area contributed by atoms with Gasteiger partial charge < -0.3 is 9.73 Å². The topological polar surface area (TPSA) is 28.4 Å². The minimum absolute atomic E-state index is 0.317. The van der Waals surface area contributed by atoms with Gasteiger partial charge in [0.25, 0.3) is 0 Å². The largest absolute Gasteiger partial charge is 0.468 e. The van der Waals surface area contributed by atoms with E-state index in [1.807, 2.05) is 6.07 Å². The fourth-order valence-corrected chi connectivity index (χ4v) is 4.07. The van der Waals surface area contributed by atoms with Gasteiger partial charge in [0.2, 0.25) is 0 Å². The molecule has 0 aromatic carbocycles. The summed E-state index contributed by atoms with van der Waals surface area (Å²) in [6.45, 7) is 5.73. The lowest BCUT2D eigenvalue weighted by molar-refractivity contribution is 0.0612. The third kappa shape index (κ3) is 3.26. The molecule has 1 aromatic heterocycles. The Balaban J connectivity index is 1.45. The van der Waals surface area contributed by atoms with E-state index in [1.165, 1.54) is 51.6 Å². The molecule has 1 aliphatic carbocycles. The van der Waals surface area contributed by atoms with Crippen LogP contribution < -0.4 is 5.32 Å². The van der Waals surface area contributed by atoms with E-state index < -0.39 is 0 Å². The van der Waals surface area contributed by atoms with Crippen molar-refractivity contribution in [3.05, 3.63) is 24.2 Å². The Morgan fingerprint density at radius 2 is 2.15 bits per heavy atom. The second kappa shape index (κ2) is 6.77. The normalized spacial score (nSPS) is 29.1. The maximum absolute atomic E-state index is 5.45. The van der Waals surface area contributed by atoms with Gasteiger partial charge in [-0.05, 0) is 57.2 Å².